The zero-order valence-corrected chi connectivity index (χ0v) is 29.4. The van der Waals surface area contributed by atoms with Crippen LogP contribution >= 0.6 is 7.60 Å². The van der Waals surface area contributed by atoms with Gasteiger partial charge in [0.2, 0.25) is 12.2 Å². The van der Waals surface area contributed by atoms with Crippen molar-refractivity contribution in [1.29, 1.82) is 0 Å². The first kappa shape index (κ1) is 38.7. The van der Waals surface area contributed by atoms with Crippen molar-refractivity contribution in [3.05, 3.63) is 63.1 Å². The second kappa shape index (κ2) is 15.9. The van der Waals surface area contributed by atoms with E-state index < -0.39 is 97.2 Å². The molecule has 16 nitrogen and oxygen atoms in total. The maximum Gasteiger partial charge on any atom is 0.510 e. The SMILES string of the molecule is CC(C)OCOCOP(=O)(OCOC(=O)OC(C)C)[C@@H]1CCC2(C1)N(C)C(=O)c1c(O)c(=O)c(C(=O)NCc3ccc(F)cc3F)cn1N2C. The van der Waals surface area contributed by atoms with Crippen LogP contribution in [0.15, 0.2) is 29.2 Å². The van der Waals surface area contributed by atoms with E-state index in [1.807, 2.05) is 0 Å². The predicted molar refractivity (Wildman–Crippen MR) is 171 cm³/mol. The van der Waals surface area contributed by atoms with E-state index in [0.29, 0.717) is 6.07 Å². The predicted octanol–water partition coefficient (Wildman–Crippen LogP) is 3.77. The van der Waals surface area contributed by atoms with E-state index in [4.69, 9.17) is 28.0 Å². The maximum absolute atomic E-state index is 14.2. The Balaban J connectivity index is 1.59. The fourth-order valence-electron chi connectivity index (χ4n) is 5.69. The number of halogens is 2. The first-order chi connectivity index (χ1) is 23.5. The summed E-state index contributed by atoms with van der Waals surface area (Å²) in [6.07, 6.45) is -0.316. The lowest BCUT2D eigenvalue weighted by Gasteiger charge is -2.51. The van der Waals surface area contributed by atoms with E-state index in [2.05, 4.69) is 5.32 Å². The van der Waals surface area contributed by atoms with Crippen LogP contribution in [-0.2, 0) is 39.1 Å². The van der Waals surface area contributed by atoms with Gasteiger partial charge in [0.1, 0.15) is 29.7 Å². The van der Waals surface area contributed by atoms with Gasteiger partial charge in [-0.05, 0) is 46.6 Å². The van der Waals surface area contributed by atoms with Crippen molar-refractivity contribution in [1.82, 2.24) is 14.9 Å². The molecule has 1 fully saturated rings. The highest BCUT2D eigenvalue weighted by molar-refractivity contribution is 7.54. The average molecular weight is 731 g/mol. The van der Waals surface area contributed by atoms with Crippen molar-refractivity contribution in [3.63, 3.8) is 0 Å². The summed E-state index contributed by atoms with van der Waals surface area (Å²) in [4.78, 5) is 53.1. The average Bonchev–Trinajstić information content (AvgIpc) is 3.50. The molecular weight excluding hydrogens is 689 g/mol. The summed E-state index contributed by atoms with van der Waals surface area (Å²) in [7, 11) is -1.18. The second-order valence-electron chi connectivity index (χ2n) is 12.2. The minimum absolute atomic E-state index is 0.0420. The molecule has 1 aromatic heterocycles. The summed E-state index contributed by atoms with van der Waals surface area (Å²) >= 11 is 0. The molecule has 2 heterocycles. The number of benzene rings is 1. The standard InChI is InChI=1S/C31H41F2N4O12P/c1-18(2)45-15-44-16-47-50(43,48-17-46-30(42)49-19(3)4)22-9-10-31(12-22)35(5)29(41)25-27(39)26(38)23(14-37(25)36(31)6)28(40)34-13-20-7-8-21(32)11-24(20)33/h7-8,11,14,18-19,22,39H,9-10,12-13,15-17H2,1-6H3,(H,34,40)/t22-,31?,50?/m1/s1. The zero-order valence-electron chi connectivity index (χ0n) is 28.5. The third-order valence-corrected chi connectivity index (χ3v) is 10.6. The van der Waals surface area contributed by atoms with E-state index in [-0.39, 0.29) is 37.7 Å². The molecule has 1 aliphatic carbocycles. The lowest BCUT2D eigenvalue weighted by molar-refractivity contribution is -0.120. The Kier molecular flexibility index (Phi) is 12.3. The summed E-state index contributed by atoms with van der Waals surface area (Å²) in [5, 5.41) is 14.8. The molecule has 2 N–H and O–H groups in total. The van der Waals surface area contributed by atoms with Gasteiger partial charge in [0.05, 0.1) is 17.9 Å². The van der Waals surface area contributed by atoms with Crippen molar-refractivity contribution in [2.24, 2.45) is 0 Å². The largest absolute Gasteiger partial charge is 0.510 e. The van der Waals surface area contributed by atoms with Crippen molar-refractivity contribution >= 4 is 25.6 Å². The summed E-state index contributed by atoms with van der Waals surface area (Å²) in [6.45, 7) is 4.95. The highest BCUT2D eigenvalue weighted by atomic mass is 31.2. The van der Waals surface area contributed by atoms with Crippen LogP contribution in [0.5, 0.6) is 5.75 Å². The third-order valence-electron chi connectivity index (χ3n) is 8.35. The van der Waals surface area contributed by atoms with Crippen LogP contribution in [0.3, 0.4) is 0 Å². The highest BCUT2D eigenvalue weighted by Gasteiger charge is 2.57. The second-order valence-corrected chi connectivity index (χ2v) is 14.6. The number of aromatic hydroxyl groups is 1. The minimum atomic E-state index is -4.16. The molecule has 1 spiro atoms. The molecule has 0 bridgehead atoms. The smallest absolute Gasteiger partial charge is 0.502 e. The van der Waals surface area contributed by atoms with Crippen LogP contribution in [0.25, 0.3) is 0 Å². The third kappa shape index (κ3) is 8.26. The van der Waals surface area contributed by atoms with Crippen molar-refractivity contribution in [2.75, 3.05) is 39.5 Å². The maximum atomic E-state index is 14.2. The molecule has 50 heavy (non-hydrogen) atoms. The number of hydrogen-bond donors (Lipinski definition) is 2. The number of fused-ring (bicyclic) bond motifs is 1. The molecule has 19 heteroatoms. The van der Waals surface area contributed by atoms with E-state index in [1.165, 1.54) is 17.0 Å². The number of ether oxygens (including phenoxy) is 4. The molecule has 2 aromatic rings. The van der Waals surface area contributed by atoms with Crippen molar-refractivity contribution in [2.45, 2.75) is 77.0 Å². The molecule has 4 rings (SSSR count). The summed E-state index contributed by atoms with van der Waals surface area (Å²) in [5.74, 6) is -4.49. The number of rotatable bonds is 14. The van der Waals surface area contributed by atoms with Crippen LogP contribution in [0.2, 0.25) is 0 Å². The lowest BCUT2D eigenvalue weighted by atomic mass is 10.0. The number of aromatic nitrogens is 1. The number of carbonyl (C=O) groups excluding carboxylic acids is 3. The Labute approximate surface area is 286 Å². The fourth-order valence-corrected chi connectivity index (χ4v) is 7.57. The Morgan fingerprint density at radius 1 is 1.08 bits per heavy atom. The van der Waals surface area contributed by atoms with Gasteiger partial charge in [0.25, 0.3) is 11.8 Å². The van der Waals surface area contributed by atoms with E-state index >= 15 is 0 Å². The summed E-state index contributed by atoms with van der Waals surface area (Å²) in [6, 6.07) is 2.78. The van der Waals surface area contributed by atoms with Crippen LogP contribution in [0.4, 0.5) is 13.6 Å². The molecule has 2 amide bonds. The Hall–Kier alpha value is -4.09. The Morgan fingerprint density at radius 2 is 1.78 bits per heavy atom. The quantitative estimate of drug-likeness (QED) is 0.124. The molecule has 276 valence electrons. The molecular formula is C31H41F2N4O12P. The van der Waals surface area contributed by atoms with Crippen LogP contribution in [-0.4, -0.2) is 90.7 Å². The van der Waals surface area contributed by atoms with Crippen LogP contribution in [0.1, 0.15) is 73.4 Å². The summed E-state index contributed by atoms with van der Waals surface area (Å²) in [5.41, 5.74) is -4.33. The fraction of sp³-hybridized carbons (Fsp3) is 0.548. The van der Waals surface area contributed by atoms with Crippen LogP contribution in [0, 0.1) is 11.6 Å². The summed E-state index contributed by atoms with van der Waals surface area (Å²) < 4.78 is 74.4. The van der Waals surface area contributed by atoms with Gasteiger partial charge in [-0.1, -0.05) is 6.07 Å². The number of pyridine rings is 1. The highest BCUT2D eigenvalue weighted by Crippen LogP contribution is 2.61. The van der Waals surface area contributed by atoms with Crippen LogP contribution < -0.4 is 15.8 Å². The number of amides is 2. The van der Waals surface area contributed by atoms with Gasteiger partial charge in [-0.25, -0.2) is 13.6 Å². The van der Waals surface area contributed by atoms with Gasteiger partial charge >= 0.3 is 13.8 Å². The van der Waals surface area contributed by atoms with Crippen molar-refractivity contribution in [3.8, 4) is 5.75 Å². The first-order valence-electron chi connectivity index (χ1n) is 15.6. The Morgan fingerprint density at radius 3 is 2.44 bits per heavy atom. The monoisotopic (exact) mass is 730 g/mol. The minimum Gasteiger partial charge on any atom is -0.502 e. The molecule has 0 radical (unpaired) electrons. The normalized spacial score (nSPS) is 20.0. The number of nitrogens with one attached hydrogen (secondary N) is 1. The molecule has 0 saturated heterocycles. The molecule has 2 unspecified atom stereocenters. The van der Waals surface area contributed by atoms with E-state index in [0.717, 1.165) is 23.0 Å². The van der Waals surface area contributed by atoms with Gasteiger partial charge in [-0.2, -0.15) is 0 Å². The number of nitrogens with zero attached hydrogens (tertiary/aromatic N) is 3. The van der Waals surface area contributed by atoms with Gasteiger partial charge in [-0.3, -0.25) is 37.7 Å². The molecule has 3 atom stereocenters. The van der Waals surface area contributed by atoms with Gasteiger partial charge < -0.3 is 34.3 Å². The topological polar surface area (TPSA) is 184 Å². The van der Waals surface area contributed by atoms with Gasteiger partial charge in [0, 0.05) is 44.9 Å². The van der Waals surface area contributed by atoms with E-state index in [1.54, 1.807) is 34.7 Å². The van der Waals surface area contributed by atoms with Gasteiger partial charge in [-0.15, -0.1) is 0 Å². The molecule has 1 aliphatic heterocycles. The number of carbonyl (C=O) groups is 3. The lowest BCUT2D eigenvalue weighted by Crippen LogP contribution is -2.67. The first-order valence-corrected chi connectivity index (χ1v) is 17.3. The number of hydrogen-bond acceptors (Lipinski definition) is 13. The van der Waals surface area contributed by atoms with Gasteiger partial charge in [0.15, 0.2) is 18.2 Å². The Bertz CT molecular complexity index is 1710. The zero-order chi connectivity index (χ0) is 37.0. The van der Waals surface area contributed by atoms with Crippen molar-refractivity contribution < 1.29 is 60.8 Å². The molecule has 2 aliphatic rings. The van der Waals surface area contributed by atoms with E-state index in [9.17, 15) is 37.6 Å². The molecule has 1 saturated carbocycles. The molecule has 1 aromatic carbocycles.